The molecule has 0 aliphatic heterocycles. The summed E-state index contributed by atoms with van der Waals surface area (Å²) in [6, 6.07) is 43.8. The maximum absolute atomic E-state index is 2.37. The van der Waals surface area contributed by atoms with Crippen molar-refractivity contribution in [2.24, 2.45) is 0 Å². The van der Waals surface area contributed by atoms with Crippen LogP contribution < -0.4 is 4.90 Å². The molecule has 0 spiro atoms. The molecule has 0 unspecified atom stereocenters. The molecule has 0 N–H and O–H groups in total. The highest BCUT2D eigenvalue weighted by Crippen LogP contribution is 2.42. The molecular formula is C34H29N. The molecule has 1 fully saturated rings. The molecule has 0 amide bonds. The van der Waals surface area contributed by atoms with E-state index in [1.165, 1.54) is 62.8 Å². The van der Waals surface area contributed by atoms with Crippen molar-refractivity contribution in [3.8, 4) is 0 Å². The van der Waals surface area contributed by atoms with Crippen LogP contribution in [-0.4, -0.2) is 0 Å². The molecule has 0 saturated heterocycles. The monoisotopic (exact) mass is 451 g/mol. The van der Waals surface area contributed by atoms with Gasteiger partial charge in [0.05, 0.1) is 5.69 Å². The van der Waals surface area contributed by atoms with Gasteiger partial charge in [0, 0.05) is 22.8 Å². The van der Waals surface area contributed by atoms with Crippen molar-refractivity contribution >= 4 is 27.7 Å². The molecule has 6 rings (SSSR count). The van der Waals surface area contributed by atoms with Crippen molar-refractivity contribution in [1.29, 1.82) is 0 Å². The van der Waals surface area contributed by atoms with Crippen LogP contribution in [0.15, 0.2) is 128 Å². The van der Waals surface area contributed by atoms with Gasteiger partial charge in [-0.15, -0.1) is 0 Å². The zero-order chi connectivity index (χ0) is 23.6. The molecule has 0 radical (unpaired) electrons. The van der Waals surface area contributed by atoms with Crippen molar-refractivity contribution in [1.82, 2.24) is 0 Å². The van der Waals surface area contributed by atoms with Crippen LogP contribution in [0.4, 0.5) is 11.4 Å². The zero-order valence-electron chi connectivity index (χ0n) is 20.1. The van der Waals surface area contributed by atoms with E-state index in [2.05, 4.69) is 139 Å². The maximum atomic E-state index is 2.37. The van der Waals surface area contributed by atoms with Crippen LogP contribution in [0.25, 0.3) is 16.3 Å². The largest absolute Gasteiger partial charge is 0.316 e. The Labute approximate surface area is 208 Å². The van der Waals surface area contributed by atoms with E-state index in [1.807, 2.05) is 0 Å². The van der Waals surface area contributed by atoms with Gasteiger partial charge in [0.25, 0.3) is 0 Å². The third kappa shape index (κ3) is 4.38. The van der Waals surface area contributed by atoms with Crippen molar-refractivity contribution in [2.45, 2.75) is 25.7 Å². The Morgan fingerprint density at radius 2 is 1.20 bits per heavy atom. The summed E-state index contributed by atoms with van der Waals surface area (Å²) in [5.74, 6) is 0.748. The van der Waals surface area contributed by atoms with Crippen LogP contribution in [-0.2, 0) is 0 Å². The molecule has 5 aromatic carbocycles. The summed E-state index contributed by atoms with van der Waals surface area (Å²) in [5, 5.41) is 2.55. The minimum atomic E-state index is 0.748. The van der Waals surface area contributed by atoms with E-state index in [1.54, 1.807) is 0 Å². The molecular weight excluding hydrogens is 422 g/mol. The third-order valence-electron chi connectivity index (χ3n) is 7.03. The minimum Gasteiger partial charge on any atom is -0.316 e. The lowest BCUT2D eigenvalue weighted by molar-refractivity contribution is 1.13. The van der Waals surface area contributed by atoms with Gasteiger partial charge in [-0.2, -0.15) is 0 Å². The molecule has 0 bridgehead atoms. The first-order valence-electron chi connectivity index (χ1n) is 12.5. The predicted molar refractivity (Wildman–Crippen MR) is 149 cm³/mol. The number of fused-ring (bicyclic) bond motifs is 1. The Hall–Kier alpha value is -4.10. The topological polar surface area (TPSA) is 3.24 Å². The van der Waals surface area contributed by atoms with Crippen molar-refractivity contribution < 1.29 is 0 Å². The average molecular weight is 452 g/mol. The van der Waals surface area contributed by atoms with Gasteiger partial charge in [-0.1, -0.05) is 103 Å². The van der Waals surface area contributed by atoms with E-state index >= 15 is 0 Å². The van der Waals surface area contributed by atoms with Gasteiger partial charge < -0.3 is 4.90 Å². The van der Waals surface area contributed by atoms with Crippen LogP contribution in [0.5, 0.6) is 0 Å². The first-order valence-corrected chi connectivity index (χ1v) is 12.5. The molecule has 1 saturated carbocycles. The van der Waals surface area contributed by atoms with E-state index < -0.39 is 0 Å². The summed E-state index contributed by atoms with van der Waals surface area (Å²) >= 11 is 0. The van der Waals surface area contributed by atoms with E-state index in [-0.39, 0.29) is 0 Å². The van der Waals surface area contributed by atoms with E-state index in [0.29, 0.717) is 0 Å². The smallest absolute Gasteiger partial charge is 0.0534 e. The Bertz CT molecular complexity index is 1440. The first-order chi connectivity index (χ1) is 17.3. The van der Waals surface area contributed by atoms with Crippen LogP contribution in [0.2, 0.25) is 0 Å². The Kier molecular flexibility index (Phi) is 5.68. The molecule has 1 nitrogen and oxygen atoms in total. The summed E-state index contributed by atoms with van der Waals surface area (Å²) in [4.78, 5) is 2.37. The lowest BCUT2D eigenvalue weighted by Crippen LogP contribution is -2.11. The SMILES string of the molecule is Cc1ccc(N(C=C(c2ccccc2)c2ccccc2)c2ccc(C3CC3)cc2)c2ccccc12. The van der Waals surface area contributed by atoms with Gasteiger partial charge in [0.15, 0.2) is 0 Å². The zero-order valence-corrected chi connectivity index (χ0v) is 20.1. The van der Waals surface area contributed by atoms with E-state index in [9.17, 15) is 0 Å². The Balaban J connectivity index is 1.58. The molecule has 0 atom stereocenters. The molecule has 0 aromatic heterocycles. The standard InChI is InChI=1S/C34H29N/c1-25-16-23-34(32-15-9-8-14-31(25)32)35(30-21-19-27(20-22-30)26-17-18-26)24-33(28-10-4-2-5-11-28)29-12-6-3-7-13-29/h2-16,19-24,26H,17-18H2,1H3. The van der Waals surface area contributed by atoms with Crippen molar-refractivity contribution in [3.05, 3.63) is 150 Å². The van der Waals surface area contributed by atoms with Crippen LogP contribution >= 0.6 is 0 Å². The van der Waals surface area contributed by atoms with Gasteiger partial charge in [-0.25, -0.2) is 0 Å². The number of hydrogen-bond acceptors (Lipinski definition) is 1. The highest BCUT2D eigenvalue weighted by molar-refractivity contribution is 5.99. The highest BCUT2D eigenvalue weighted by Gasteiger charge is 2.23. The van der Waals surface area contributed by atoms with Crippen molar-refractivity contribution in [3.63, 3.8) is 0 Å². The minimum absolute atomic E-state index is 0.748. The number of rotatable bonds is 6. The van der Waals surface area contributed by atoms with Crippen LogP contribution in [0.3, 0.4) is 0 Å². The normalized spacial score (nSPS) is 12.9. The molecule has 0 heterocycles. The number of hydrogen-bond donors (Lipinski definition) is 0. The summed E-state index contributed by atoms with van der Waals surface area (Å²) in [5.41, 5.74) is 8.72. The third-order valence-corrected chi connectivity index (χ3v) is 7.03. The second-order valence-electron chi connectivity index (χ2n) is 9.46. The molecule has 1 heteroatoms. The fourth-order valence-electron chi connectivity index (χ4n) is 4.93. The van der Waals surface area contributed by atoms with E-state index in [4.69, 9.17) is 0 Å². The summed E-state index contributed by atoms with van der Waals surface area (Å²) < 4.78 is 0. The van der Waals surface area contributed by atoms with Gasteiger partial charge >= 0.3 is 0 Å². The van der Waals surface area contributed by atoms with Gasteiger partial charge in [-0.3, -0.25) is 0 Å². The highest BCUT2D eigenvalue weighted by atomic mass is 15.1. The second-order valence-corrected chi connectivity index (χ2v) is 9.46. The lowest BCUT2D eigenvalue weighted by Gasteiger charge is -2.25. The molecule has 5 aromatic rings. The Morgan fingerprint density at radius 1 is 0.629 bits per heavy atom. The number of benzene rings is 5. The van der Waals surface area contributed by atoms with Crippen molar-refractivity contribution in [2.75, 3.05) is 4.90 Å². The summed E-state index contributed by atoms with van der Waals surface area (Å²) in [6.07, 6.45) is 4.95. The molecule has 1 aliphatic carbocycles. The number of nitrogens with zero attached hydrogens (tertiary/aromatic N) is 1. The quantitative estimate of drug-likeness (QED) is 0.249. The number of aryl methyl sites for hydroxylation is 1. The van der Waals surface area contributed by atoms with Crippen LogP contribution in [0.1, 0.15) is 41.0 Å². The predicted octanol–water partition coefficient (Wildman–Crippen LogP) is 9.25. The van der Waals surface area contributed by atoms with Crippen LogP contribution in [0, 0.1) is 6.92 Å². The molecule has 170 valence electrons. The van der Waals surface area contributed by atoms with Gasteiger partial charge in [-0.05, 0) is 71.5 Å². The Morgan fingerprint density at radius 3 is 1.80 bits per heavy atom. The molecule has 1 aliphatic rings. The fraction of sp³-hybridized carbons (Fsp3) is 0.118. The summed E-state index contributed by atoms with van der Waals surface area (Å²) in [7, 11) is 0. The lowest BCUT2D eigenvalue weighted by atomic mass is 9.98. The maximum Gasteiger partial charge on any atom is 0.0534 e. The second kappa shape index (κ2) is 9.27. The van der Waals surface area contributed by atoms with E-state index in [0.717, 1.165) is 5.92 Å². The van der Waals surface area contributed by atoms with Gasteiger partial charge in [0.2, 0.25) is 0 Å². The molecule has 35 heavy (non-hydrogen) atoms. The summed E-state index contributed by atoms with van der Waals surface area (Å²) in [6.45, 7) is 2.19. The number of anilines is 2. The fourth-order valence-corrected chi connectivity index (χ4v) is 4.93. The van der Waals surface area contributed by atoms with Gasteiger partial charge in [0.1, 0.15) is 0 Å². The first kappa shape index (κ1) is 21.4. The average Bonchev–Trinajstić information content (AvgIpc) is 3.77.